The van der Waals surface area contributed by atoms with E-state index in [1.807, 2.05) is 0 Å². The Bertz CT molecular complexity index is 365. The first-order valence-corrected chi connectivity index (χ1v) is 9.77. The molecule has 1 rings (SSSR count). The summed E-state index contributed by atoms with van der Waals surface area (Å²) in [6.45, 7) is 13.5. The largest absolute Gasteiger partial charge is 0.410 e. The summed E-state index contributed by atoms with van der Waals surface area (Å²) in [5, 5.41) is 0.261. The van der Waals surface area contributed by atoms with E-state index in [4.69, 9.17) is 4.43 Å². The summed E-state index contributed by atoms with van der Waals surface area (Å²) in [6, 6.07) is 8.39. The SMILES string of the molecule is CC(O[Si](C)(C)C(C)(C)C)c1ccc(Br)cc1. The van der Waals surface area contributed by atoms with Crippen molar-refractivity contribution < 1.29 is 4.43 Å². The zero-order chi connectivity index (χ0) is 13.3. The van der Waals surface area contributed by atoms with E-state index >= 15 is 0 Å². The van der Waals surface area contributed by atoms with Crippen LogP contribution in [0.15, 0.2) is 28.7 Å². The fourth-order valence-corrected chi connectivity index (χ4v) is 3.06. The van der Waals surface area contributed by atoms with Crippen molar-refractivity contribution in [2.75, 3.05) is 0 Å². The Kier molecular flexibility index (Phi) is 4.61. The van der Waals surface area contributed by atoms with Gasteiger partial charge in [-0.3, -0.25) is 0 Å². The van der Waals surface area contributed by atoms with Gasteiger partial charge in [0.05, 0.1) is 6.10 Å². The minimum Gasteiger partial charge on any atom is -0.410 e. The van der Waals surface area contributed by atoms with Crippen LogP contribution in [-0.2, 0) is 4.43 Å². The van der Waals surface area contributed by atoms with Gasteiger partial charge in [-0.05, 0) is 42.8 Å². The van der Waals surface area contributed by atoms with E-state index in [-0.39, 0.29) is 11.1 Å². The molecule has 3 heteroatoms. The van der Waals surface area contributed by atoms with Gasteiger partial charge in [0.15, 0.2) is 8.32 Å². The molecule has 0 heterocycles. The molecule has 1 aromatic rings. The van der Waals surface area contributed by atoms with Crippen LogP contribution in [0.4, 0.5) is 0 Å². The van der Waals surface area contributed by atoms with E-state index in [2.05, 4.69) is 81.0 Å². The Morgan fingerprint density at radius 2 is 1.59 bits per heavy atom. The van der Waals surface area contributed by atoms with E-state index in [1.54, 1.807) is 0 Å². The molecule has 0 N–H and O–H groups in total. The van der Waals surface area contributed by atoms with Gasteiger partial charge in [0.1, 0.15) is 0 Å². The molecule has 0 fully saturated rings. The van der Waals surface area contributed by atoms with Crippen molar-refractivity contribution in [1.29, 1.82) is 0 Å². The summed E-state index contributed by atoms with van der Waals surface area (Å²) >= 11 is 3.46. The summed E-state index contributed by atoms with van der Waals surface area (Å²) < 4.78 is 7.46. The molecule has 1 atom stereocenters. The number of hydrogen-bond acceptors (Lipinski definition) is 1. The average Bonchev–Trinajstić information content (AvgIpc) is 2.16. The highest BCUT2D eigenvalue weighted by Crippen LogP contribution is 2.39. The molecule has 0 aliphatic rings. The predicted molar refractivity (Wildman–Crippen MR) is 80.8 cm³/mol. The van der Waals surface area contributed by atoms with Gasteiger partial charge in [0.2, 0.25) is 0 Å². The molecule has 17 heavy (non-hydrogen) atoms. The number of hydrogen-bond donors (Lipinski definition) is 0. The standard InChI is InChI=1S/C14H23BrOSi/c1-11(12-7-9-13(15)10-8-12)16-17(5,6)14(2,3)4/h7-11H,1-6H3. The van der Waals surface area contributed by atoms with Crippen LogP contribution in [0, 0.1) is 0 Å². The second-order valence-electron chi connectivity index (χ2n) is 6.07. The lowest BCUT2D eigenvalue weighted by Crippen LogP contribution is -2.41. The molecule has 0 saturated carbocycles. The first-order valence-electron chi connectivity index (χ1n) is 6.07. The van der Waals surface area contributed by atoms with Crippen LogP contribution < -0.4 is 0 Å². The minimum absolute atomic E-state index is 0.170. The van der Waals surface area contributed by atoms with Crippen molar-refractivity contribution in [1.82, 2.24) is 0 Å². The molecule has 0 saturated heterocycles. The van der Waals surface area contributed by atoms with Gasteiger partial charge in [-0.2, -0.15) is 0 Å². The minimum atomic E-state index is -1.68. The van der Waals surface area contributed by atoms with Gasteiger partial charge in [0.25, 0.3) is 0 Å². The predicted octanol–water partition coefficient (Wildman–Crippen LogP) is 5.53. The third-order valence-electron chi connectivity index (χ3n) is 3.62. The topological polar surface area (TPSA) is 9.23 Å². The van der Waals surface area contributed by atoms with Crippen molar-refractivity contribution in [2.24, 2.45) is 0 Å². The summed E-state index contributed by atoms with van der Waals surface area (Å²) in [4.78, 5) is 0. The Balaban J connectivity index is 2.79. The highest BCUT2D eigenvalue weighted by Gasteiger charge is 2.38. The van der Waals surface area contributed by atoms with Gasteiger partial charge in [0, 0.05) is 4.47 Å². The monoisotopic (exact) mass is 314 g/mol. The molecular weight excluding hydrogens is 292 g/mol. The zero-order valence-corrected chi connectivity index (χ0v) is 14.3. The van der Waals surface area contributed by atoms with Gasteiger partial charge >= 0.3 is 0 Å². The van der Waals surface area contributed by atoms with Crippen molar-refractivity contribution >= 4 is 24.2 Å². The molecule has 1 aromatic carbocycles. The van der Waals surface area contributed by atoms with Crippen LogP contribution in [0.3, 0.4) is 0 Å². The summed E-state index contributed by atoms with van der Waals surface area (Å²) in [5.41, 5.74) is 1.25. The Labute approximate surface area is 115 Å². The normalized spacial score (nSPS) is 14.8. The molecule has 0 radical (unpaired) electrons. The highest BCUT2D eigenvalue weighted by molar-refractivity contribution is 9.10. The van der Waals surface area contributed by atoms with Crippen LogP contribution in [0.1, 0.15) is 39.4 Å². The Morgan fingerprint density at radius 3 is 2.00 bits per heavy atom. The molecule has 1 unspecified atom stereocenters. The fraction of sp³-hybridized carbons (Fsp3) is 0.571. The number of rotatable bonds is 3. The first kappa shape index (κ1) is 14.9. The summed E-state index contributed by atoms with van der Waals surface area (Å²) in [5.74, 6) is 0. The second-order valence-corrected chi connectivity index (χ2v) is 11.7. The molecule has 0 aromatic heterocycles. The van der Waals surface area contributed by atoms with Crippen LogP contribution in [-0.4, -0.2) is 8.32 Å². The lowest BCUT2D eigenvalue weighted by molar-refractivity contribution is 0.203. The summed E-state index contributed by atoms with van der Waals surface area (Å²) in [7, 11) is -1.68. The van der Waals surface area contributed by atoms with Gasteiger partial charge in [-0.15, -0.1) is 0 Å². The van der Waals surface area contributed by atoms with Gasteiger partial charge < -0.3 is 4.43 Å². The summed E-state index contributed by atoms with van der Waals surface area (Å²) in [6.07, 6.45) is 0.170. The zero-order valence-electron chi connectivity index (χ0n) is 11.7. The quantitative estimate of drug-likeness (QED) is 0.666. The van der Waals surface area contributed by atoms with E-state index < -0.39 is 8.32 Å². The van der Waals surface area contributed by atoms with E-state index in [1.165, 1.54) is 5.56 Å². The van der Waals surface area contributed by atoms with Crippen LogP contribution in [0.25, 0.3) is 0 Å². The maximum Gasteiger partial charge on any atom is 0.192 e. The van der Waals surface area contributed by atoms with Crippen molar-refractivity contribution in [2.45, 2.75) is 51.9 Å². The van der Waals surface area contributed by atoms with E-state index in [9.17, 15) is 0 Å². The van der Waals surface area contributed by atoms with Crippen molar-refractivity contribution in [3.05, 3.63) is 34.3 Å². The van der Waals surface area contributed by atoms with Crippen LogP contribution >= 0.6 is 15.9 Å². The molecule has 0 aliphatic carbocycles. The third-order valence-corrected chi connectivity index (χ3v) is 8.70. The molecule has 0 bridgehead atoms. The molecule has 0 spiro atoms. The van der Waals surface area contributed by atoms with Gasteiger partial charge in [-0.1, -0.05) is 48.8 Å². The first-order chi connectivity index (χ1) is 7.63. The second kappa shape index (κ2) is 5.25. The maximum absolute atomic E-state index is 6.35. The third kappa shape index (κ3) is 3.93. The van der Waals surface area contributed by atoms with E-state index in [0.717, 1.165) is 4.47 Å². The molecular formula is C14H23BrOSi. The van der Waals surface area contributed by atoms with E-state index in [0.29, 0.717) is 0 Å². The average molecular weight is 315 g/mol. The molecule has 96 valence electrons. The molecule has 0 aliphatic heterocycles. The lowest BCUT2D eigenvalue weighted by atomic mass is 10.1. The fourth-order valence-electron chi connectivity index (χ4n) is 1.42. The number of benzene rings is 1. The van der Waals surface area contributed by atoms with Crippen molar-refractivity contribution in [3.63, 3.8) is 0 Å². The Hall–Kier alpha value is -0.123. The Morgan fingerprint density at radius 1 is 1.12 bits per heavy atom. The van der Waals surface area contributed by atoms with Crippen LogP contribution in [0.5, 0.6) is 0 Å². The molecule has 1 nitrogen and oxygen atoms in total. The number of halogens is 1. The highest BCUT2D eigenvalue weighted by atomic mass is 79.9. The smallest absolute Gasteiger partial charge is 0.192 e. The lowest BCUT2D eigenvalue weighted by Gasteiger charge is -2.38. The van der Waals surface area contributed by atoms with Crippen molar-refractivity contribution in [3.8, 4) is 0 Å². The van der Waals surface area contributed by atoms with Crippen LogP contribution in [0.2, 0.25) is 18.1 Å². The maximum atomic E-state index is 6.35. The molecule has 0 amide bonds. The van der Waals surface area contributed by atoms with Gasteiger partial charge in [-0.25, -0.2) is 0 Å².